The molecule has 0 amide bonds. The van der Waals surface area contributed by atoms with Crippen molar-refractivity contribution in [1.29, 1.82) is 5.26 Å². The second kappa shape index (κ2) is 5.17. The van der Waals surface area contributed by atoms with Gasteiger partial charge >= 0.3 is 0 Å². The lowest BCUT2D eigenvalue weighted by atomic mass is 9.61. The van der Waals surface area contributed by atoms with Crippen LogP contribution in [0.2, 0.25) is 0 Å². The van der Waals surface area contributed by atoms with E-state index in [2.05, 4.69) is 25.1 Å². The average Bonchev–Trinajstić information content (AvgIpc) is 2.93. The number of aryl methyl sites for hydroxylation is 1. The number of benzene rings is 1. The molecule has 0 bridgehead atoms. The van der Waals surface area contributed by atoms with Crippen LogP contribution < -0.4 is 0 Å². The Balaban J connectivity index is 1.93. The quantitative estimate of drug-likeness (QED) is 0.810. The SMILES string of the molecule is Cn1nc2c(c1-c1ccccc1)CC[C@H]1CC(=O)C(C#N)=C[C@]21C. The van der Waals surface area contributed by atoms with E-state index in [1.165, 1.54) is 5.56 Å². The number of nitrogens with zero attached hydrogens (tertiary/aromatic N) is 3. The Hall–Kier alpha value is -2.67. The third-order valence-electron chi connectivity index (χ3n) is 5.59. The zero-order valence-corrected chi connectivity index (χ0v) is 13.9. The molecule has 0 unspecified atom stereocenters. The third kappa shape index (κ3) is 1.98. The molecule has 0 radical (unpaired) electrons. The first-order valence-corrected chi connectivity index (χ1v) is 8.32. The van der Waals surface area contributed by atoms with E-state index in [0.717, 1.165) is 29.8 Å². The minimum Gasteiger partial charge on any atom is -0.293 e. The summed E-state index contributed by atoms with van der Waals surface area (Å²) in [6.45, 7) is 2.13. The molecule has 1 heterocycles. The fraction of sp³-hybridized carbons (Fsp3) is 0.350. The number of rotatable bonds is 1. The lowest BCUT2D eigenvalue weighted by molar-refractivity contribution is -0.117. The van der Waals surface area contributed by atoms with Crippen LogP contribution in [0, 0.1) is 17.2 Å². The summed E-state index contributed by atoms with van der Waals surface area (Å²) in [7, 11) is 1.97. The van der Waals surface area contributed by atoms with Crippen LogP contribution in [0.4, 0.5) is 0 Å². The molecule has 0 fully saturated rings. The maximum atomic E-state index is 12.1. The van der Waals surface area contributed by atoms with Gasteiger partial charge < -0.3 is 0 Å². The van der Waals surface area contributed by atoms with E-state index in [-0.39, 0.29) is 22.7 Å². The van der Waals surface area contributed by atoms with E-state index in [1.54, 1.807) is 0 Å². The van der Waals surface area contributed by atoms with Crippen molar-refractivity contribution in [2.45, 2.75) is 31.6 Å². The maximum absolute atomic E-state index is 12.1. The van der Waals surface area contributed by atoms with Gasteiger partial charge in [0.1, 0.15) is 6.07 Å². The molecule has 2 atom stereocenters. The first kappa shape index (κ1) is 14.9. The Morgan fingerprint density at radius 3 is 2.79 bits per heavy atom. The van der Waals surface area contributed by atoms with Crippen LogP contribution in [0.3, 0.4) is 0 Å². The highest BCUT2D eigenvalue weighted by molar-refractivity contribution is 6.00. The highest BCUT2D eigenvalue weighted by atomic mass is 16.1. The highest BCUT2D eigenvalue weighted by Crippen LogP contribution is 2.49. The van der Waals surface area contributed by atoms with Gasteiger partial charge in [0.15, 0.2) is 5.78 Å². The number of aromatic nitrogens is 2. The van der Waals surface area contributed by atoms with Crippen molar-refractivity contribution < 1.29 is 4.79 Å². The fourth-order valence-corrected chi connectivity index (χ4v) is 4.32. The summed E-state index contributed by atoms with van der Waals surface area (Å²) in [6.07, 6.45) is 4.20. The lowest BCUT2D eigenvalue weighted by Gasteiger charge is -2.40. The molecule has 0 N–H and O–H groups in total. The highest BCUT2D eigenvalue weighted by Gasteiger charge is 2.46. The molecule has 0 saturated heterocycles. The second-order valence-electron chi connectivity index (χ2n) is 6.98. The lowest BCUT2D eigenvalue weighted by Crippen LogP contribution is -2.40. The number of ketones is 1. The Bertz CT molecular complexity index is 901. The summed E-state index contributed by atoms with van der Waals surface area (Å²) in [4.78, 5) is 12.1. The molecule has 0 spiro atoms. The zero-order valence-electron chi connectivity index (χ0n) is 13.9. The van der Waals surface area contributed by atoms with Crippen molar-refractivity contribution >= 4 is 5.78 Å². The second-order valence-corrected chi connectivity index (χ2v) is 6.98. The molecule has 4 rings (SSSR count). The van der Waals surface area contributed by atoms with Crippen LogP contribution in [0.5, 0.6) is 0 Å². The summed E-state index contributed by atoms with van der Waals surface area (Å²) in [5, 5.41) is 14.1. The Labute approximate surface area is 141 Å². The predicted molar refractivity (Wildman–Crippen MR) is 91.1 cm³/mol. The minimum atomic E-state index is -0.336. The normalized spacial score (nSPS) is 25.5. The van der Waals surface area contributed by atoms with Gasteiger partial charge in [0, 0.05) is 30.0 Å². The number of hydrogen-bond acceptors (Lipinski definition) is 3. The van der Waals surface area contributed by atoms with E-state index in [4.69, 9.17) is 5.10 Å². The molecular weight excluding hydrogens is 298 g/mol. The van der Waals surface area contributed by atoms with Crippen molar-refractivity contribution in [3.8, 4) is 17.3 Å². The molecule has 2 aliphatic carbocycles. The molecule has 2 aromatic rings. The number of carbonyl (C=O) groups excluding carboxylic acids is 1. The monoisotopic (exact) mass is 317 g/mol. The standard InChI is InChI=1S/C20H19N3O/c1-20-11-14(12-21)17(24)10-15(20)8-9-16-18(23(2)22-19(16)20)13-6-4-3-5-7-13/h3-7,11,15H,8-10H2,1-2H3/t15-,20-/m0/s1. The summed E-state index contributed by atoms with van der Waals surface area (Å²) in [5.41, 5.74) is 4.54. The predicted octanol–water partition coefficient (Wildman–Crippen LogP) is 3.33. The van der Waals surface area contributed by atoms with Crippen LogP contribution >= 0.6 is 0 Å². The summed E-state index contributed by atoms with van der Waals surface area (Å²) < 4.78 is 1.95. The van der Waals surface area contributed by atoms with Crippen molar-refractivity contribution in [2.24, 2.45) is 13.0 Å². The third-order valence-corrected chi connectivity index (χ3v) is 5.59. The number of nitriles is 1. The largest absolute Gasteiger partial charge is 0.293 e. The van der Waals surface area contributed by atoms with Crippen molar-refractivity contribution in [2.75, 3.05) is 0 Å². The van der Waals surface area contributed by atoms with Crippen molar-refractivity contribution in [1.82, 2.24) is 9.78 Å². The number of Topliss-reactive ketones (excluding diaryl/α,β-unsaturated/α-hetero) is 1. The molecule has 1 aromatic heterocycles. The smallest absolute Gasteiger partial charge is 0.173 e. The van der Waals surface area contributed by atoms with Gasteiger partial charge in [0.05, 0.1) is 17.0 Å². The Kier molecular flexibility index (Phi) is 3.21. The van der Waals surface area contributed by atoms with Crippen LogP contribution in [-0.2, 0) is 23.7 Å². The van der Waals surface area contributed by atoms with Crippen LogP contribution in [0.15, 0.2) is 42.0 Å². The number of hydrogen-bond donors (Lipinski definition) is 0. The van der Waals surface area contributed by atoms with E-state index >= 15 is 0 Å². The van der Waals surface area contributed by atoms with E-state index in [9.17, 15) is 10.1 Å². The first-order valence-electron chi connectivity index (χ1n) is 8.32. The molecule has 1 aromatic carbocycles. The topological polar surface area (TPSA) is 58.7 Å². The van der Waals surface area contributed by atoms with Gasteiger partial charge in [-0.3, -0.25) is 9.48 Å². The van der Waals surface area contributed by atoms with E-state index in [1.807, 2.05) is 36.0 Å². The van der Waals surface area contributed by atoms with Crippen molar-refractivity contribution in [3.05, 3.63) is 53.2 Å². The summed E-state index contributed by atoms with van der Waals surface area (Å²) in [6, 6.07) is 12.4. The number of fused-ring (bicyclic) bond motifs is 3. The van der Waals surface area contributed by atoms with Gasteiger partial charge in [0.2, 0.25) is 0 Å². The minimum absolute atomic E-state index is 0.0253. The number of carbonyl (C=O) groups is 1. The van der Waals surface area contributed by atoms with Crippen LogP contribution in [-0.4, -0.2) is 15.6 Å². The van der Waals surface area contributed by atoms with Gasteiger partial charge in [-0.2, -0.15) is 10.4 Å². The molecule has 2 aliphatic rings. The van der Waals surface area contributed by atoms with Gasteiger partial charge in [0.25, 0.3) is 0 Å². The molecule has 24 heavy (non-hydrogen) atoms. The fourth-order valence-electron chi connectivity index (χ4n) is 4.32. The van der Waals surface area contributed by atoms with Gasteiger partial charge in [-0.25, -0.2) is 0 Å². The van der Waals surface area contributed by atoms with Crippen LogP contribution in [0.25, 0.3) is 11.3 Å². The summed E-state index contributed by atoms with van der Waals surface area (Å²) >= 11 is 0. The Morgan fingerprint density at radius 2 is 2.08 bits per heavy atom. The van der Waals surface area contributed by atoms with Crippen LogP contribution in [0.1, 0.15) is 31.0 Å². The van der Waals surface area contributed by atoms with Gasteiger partial charge in [-0.15, -0.1) is 0 Å². The number of allylic oxidation sites excluding steroid dienone is 2. The molecule has 0 saturated carbocycles. The molecule has 4 nitrogen and oxygen atoms in total. The Morgan fingerprint density at radius 1 is 1.33 bits per heavy atom. The molecule has 4 heteroatoms. The first-order chi connectivity index (χ1) is 11.5. The molecule has 120 valence electrons. The maximum Gasteiger partial charge on any atom is 0.173 e. The average molecular weight is 317 g/mol. The van der Waals surface area contributed by atoms with E-state index in [0.29, 0.717) is 6.42 Å². The summed E-state index contributed by atoms with van der Waals surface area (Å²) in [5.74, 6) is 0.204. The van der Waals surface area contributed by atoms with E-state index < -0.39 is 0 Å². The van der Waals surface area contributed by atoms with Gasteiger partial charge in [-0.05, 0) is 18.8 Å². The molecule has 0 aliphatic heterocycles. The molecular formula is C20H19N3O. The van der Waals surface area contributed by atoms with Gasteiger partial charge in [-0.1, -0.05) is 43.3 Å². The zero-order chi connectivity index (χ0) is 16.9. The van der Waals surface area contributed by atoms with Crippen molar-refractivity contribution in [3.63, 3.8) is 0 Å².